The minimum absolute atomic E-state index is 0.158. The number of hydrogen-bond acceptors (Lipinski definition) is 1. The summed E-state index contributed by atoms with van der Waals surface area (Å²) in [5.74, 6) is 1.98. The average molecular weight is 291 g/mol. The maximum atomic E-state index is 14.9. The lowest BCUT2D eigenvalue weighted by molar-refractivity contribution is -0.0596. The first kappa shape index (κ1) is 14.2. The van der Waals surface area contributed by atoms with Gasteiger partial charge in [-0.15, -0.1) is 0 Å². The molecule has 3 fully saturated rings. The highest BCUT2D eigenvalue weighted by atomic mass is 19.1. The Labute approximate surface area is 128 Å². The molecule has 118 valence electrons. The lowest BCUT2D eigenvalue weighted by atomic mass is 9.47. The van der Waals surface area contributed by atoms with Crippen LogP contribution in [0.3, 0.4) is 0 Å². The summed E-state index contributed by atoms with van der Waals surface area (Å²) in [5.41, 5.74) is 8.07. The summed E-state index contributed by atoms with van der Waals surface area (Å²) >= 11 is 0. The largest absolute Gasteiger partial charge is 0.327 e. The van der Waals surface area contributed by atoms with E-state index in [0.29, 0.717) is 23.3 Å². The van der Waals surface area contributed by atoms with Crippen molar-refractivity contribution in [1.29, 1.82) is 0 Å². The molecule has 4 aliphatic rings. The highest BCUT2D eigenvalue weighted by Crippen LogP contribution is 2.64. The molecule has 0 aromatic rings. The van der Waals surface area contributed by atoms with Crippen LogP contribution < -0.4 is 5.73 Å². The first-order chi connectivity index (χ1) is 9.98. The van der Waals surface area contributed by atoms with Crippen molar-refractivity contribution in [1.82, 2.24) is 0 Å². The van der Waals surface area contributed by atoms with Crippen LogP contribution in [-0.2, 0) is 0 Å². The molecule has 0 radical (unpaired) electrons. The van der Waals surface area contributed by atoms with Crippen LogP contribution in [0.1, 0.15) is 65.2 Å². The maximum absolute atomic E-state index is 14.9. The van der Waals surface area contributed by atoms with Gasteiger partial charge in [-0.2, -0.15) is 0 Å². The first-order valence-electron chi connectivity index (χ1n) is 9.07. The van der Waals surface area contributed by atoms with E-state index >= 15 is 0 Å². The summed E-state index contributed by atoms with van der Waals surface area (Å²) in [4.78, 5) is 0. The molecule has 7 atom stereocenters. The lowest BCUT2D eigenvalue weighted by Gasteiger charge is -2.58. The van der Waals surface area contributed by atoms with Crippen molar-refractivity contribution in [2.24, 2.45) is 34.3 Å². The molecule has 0 heterocycles. The summed E-state index contributed by atoms with van der Waals surface area (Å²) in [5, 5.41) is 0. The zero-order chi connectivity index (χ0) is 14.8. The van der Waals surface area contributed by atoms with E-state index in [1.54, 1.807) is 0 Å². The Morgan fingerprint density at radius 3 is 2.76 bits per heavy atom. The van der Waals surface area contributed by atoms with E-state index < -0.39 is 6.17 Å². The quantitative estimate of drug-likeness (QED) is 0.648. The molecule has 4 aliphatic carbocycles. The van der Waals surface area contributed by atoms with Crippen LogP contribution in [0, 0.1) is 28.6 Å². The molecular weight excluding hydrogens is 261 g/mol. The standard InChI is InChI=1S/C19H30FN/c1-18-11-10-15-13(14(18)8-9-17(18)21)7-6-12-4-3-5-16(20)19(12,15)2/h6,13-17H,3-5,7-11,21H2,1-2H3/t13-,14-,15+,16?,17?,18-,19-/m0/s1. The van der Waals surface area contributed by atoms with E-state index in [2.05, 4.69) is 19.9 Å². The van der Waals surface area contributed by atoms with Crippen molar-refractivity contribution in [2.75, 3.05) is 0 Å². The number of allylic oxidation sites excluding steroid dienone is 2. The van der Waals surface area contributed by atoms with Gasteiger partial charge in [0.1, 0.15) is 6.17 Å². The fourth-order valence-corrected chi connectivity index (χ4v) is 6.71. The maximum Gasteiger partial charge on any atom is 0.109 e. The van der Waals surface area contributed by atoms with Gasteiger partial charge in [-0.25, -0.2) is 4.39 Å². The highest BCUT2D eigenvalue weighted by Gasteiger charge is 2.59. The van der Waals surface area contributed by atoms with Gasteiger partial charge in [-0.3, -0.25) is 0 Å². The van der Waals surface area contributed by atoms with Crippen LogP contribution >= 0.6 is 0 Å². The molecular formula is C19H30FN. The van der Waals surface area contributed by atoms with E-state index in [0.717, 1.165) is 25.2 Å². The highest BCUT2D eigenvalue weighted by molar-refractivity contribution is 5.26. The van der Waals surface area contributed by atoms with Gasteiger partial charge in [0.2, 0.25) is 0 Å². The van der Waals surface area contributed by atoms with E-state index in [4.69, 9.17) is 5.73 Å². The molecule has 0 bridgehead atoms. The molecule has 0 aliphatic heterocycles. The van der Waals surface area contributed by atoms with Gasteiger partial charge in [0.05, 0.1) is 0 Å². The first-order valence-corrected chi connectivity index (χ1v) is 9.07. The third-order valence-corrected chi connectivity index (χ3v) is 8.16. The molecule has 3 saturated carbocycles. The van der Waals surface area contributed by atoms with Crippen molar-refractivity contribution in [2.45, 2.75) is 77.4 Å². The number of hydrogen-bond donors (Lipinski definition) is 1. The molecule has 2 heteroatoms. The third-order valence-electron chi connectivity index (χ3n) is 8.16. The smallest absolute Gasteiger partial charge is 0.109 e. The molecule has 21 heavy (non-hydrogen) atoms. The van der Waals surface area contributed by atoms with Crippen molar-refractivity contribution in [3.05, 3.63) is 11.6 Å². The molecule has 0 aromatic heterocycles. The minimum Gasteiger partial charge on any atom is -0.327 e. The van der Waals surface area contributed by atoms with E-state index in [1.165, 1.54) is 37.7 Å². The minimum atomic E-state index is -0.621. The second-order valence-corrected chi connectivity index (χ2v) is 8.71. The summed E-state index contributed by atoms with van der Waals surface area (Å²) < 4.78 is 14.9. The van der Waals surface area contributed by atoms with Crippen molar-refractivity contribution in [3.8, 4) is 0 Å². The van der Waals surface area contributed by atoms with Crippen LogP contribution in [0.15, 0.2) is 11.6 Å². The van der Waals surface area contributed by atoms with Crippen LogP contribution in [0.2, 0.25) is 0 Å². The third kappa shape index (κ3) is 1.72. The Balaban J connectivity index is 1.72. The summed E-state index contributed by atoms with van der Waals surface area (Å²) in [6, 6.07) is 0.370. The van der Waals surface area contributed by atoms with Gasteiger partial charge in [-0.1, -0.05) is 25.5 Å². The Morgan fingerprint density at radius 1 is 1.14 bits per heavy atom. The van der Waals surface area contributed by atoms with E-state index in [-0.39, 0.29) is 5.41 Å². The van der Waals surface area contributed by atoms with Crippen LogP contribution in [0.4, 0.5) is 4.39 Å². The normalized spacial score (nSPS) is 56.2. The predicted octanol–water partition coefficient (Wildman–Crippen LogP) is 4.61. The molecule has 0 saturated heterocycles. The molecule has 0 aromatic carbocycles. The Kier molecular flexibility index (Phi) is 3.10. The van der Waals surface area contributed by atoms with Crippen LogP contribution in [0.5, 0.6) is 0 Å². The lowest BCUT2D eigenvalue weighted by Crippen LogP contribution is -2.54. The van der Waals surface area contributed by atoms with Gasteiger partial charge in [-0.05, 0) is 74.5 Å². The molecule has 1 nitrogen and oxygen atoms in total. The van der Waals surface area contributed by atoms with Gasteiger partial charge < -0.3 is 5.73 Å². The Morgan fingerprint density at radius 2 is 1.95 bits per heavy atom. The van der Waals surface area contributed by atoms with Gasteiger partial charge in [0, 0.05) is 11.5 Å². The fraction of sp³-hybridized carbons (Fsp3) is 0.895. The van der Waals surface area contributed by atoms with Crippen molar-refractivity contribution in [3.63, 3.8) is 0 Å². The summed E-state index contributed by atoms with van der Waals surface area (Å²) in [7, 11) is 0. The SMILES string of the molecule is C[C@]12CC[C@@H]3[C@@H](CC=C4CCCC(F)[C@@]43C)[C@@H]1CCC2N. The van der Waals surface area contributed by atoms with Crippen LogP contribution in [0.25, 0.3) is 0 Å². The monoisotopic (exact) mass is 291 g/mol. The molecule has 0 spiro atoms. The number of fused-ring (bicyclic) bond motifs is 5. The van der Waals surface area contributed by atoms with Crippen molar-refractivity contribution < 1.29 is 4.39 Å². The second kappa shape index (κ2) is 4.57. The molecule has 2 unspecified atom stereocenters. The Bertz CT molecular complexity index is 472. The molecule has 0 amide bonds. The Hall–Kier alpha value is -0.370. The number of nitrogens with two attached hydrogens (primary N) is 1. The van der Waals surface area contributed by atoms with Gasteiger partial charge in [0.25, 0.3) is 0 Å². The van der Waals surface area contributed by atoms with E-state index in [1.807, 2.05) is 0 Å². The zero-order valence-electron chi connectivity index (χ0n) is 13.6. The van der Waals surface area contributed by atoms with Gasteiger partial charge >= 0.3 is 0 Å². The van der Waals surface area contributed by atoms with E-state index in [9.17, 15) is 4.39 Å². The second-order valence-electron chi connectivity index (χ2n) is 8.71. The van der Waals surface area contributed by atoms with Crippen molar-refractivity contribution >= 4 is 0 Å². The zero-order valence-corrected chi connectivity index (χ0v) is 13.6. The number of rotatable bonds is 0. The van der Waals surface area contributed by atoms with Crippen LogP contribution in [-0.4, -0.2) is 12.2 Å². The summed E-state index contributed by atoms with van der Waals surface area (Å²) in [6.07, 6.45) is 10.8. The average Bonchev–Trinajstić information content (AvgIpc) is 2.76. The fourth-order valence-electron chi connectivity index (χ4n) is 6.71. The topological polar surface area (TPSA) is 26.0 Å². The number of halogens is 1. The van der Waals surface area contributed by atoms with Gasteiger partial charge in [0.15, 0.2) is 0 Å². The molecule has 2 N–H and O–H groups in total. The summed E-state index contributed by atoms with van der Waals surface area (Å²) in [6.45, 7) is 4.66. The number of alkyl halides is 1. The predicted molar refractivity (Wildman–Crippen MR) is 84.6 cm³/mol. The molecule has 4 rings (SSSR count).